The molecule has 2 rings (SSSR count). The van der Waals surface area contributed by atoms with E-state index in [-0.39, 0.29) is 0 Å². The van der Waals surface area contributed by atoms with Gasteiger partial charge in [0.15, 0.2) is 0 Å². The summed E-state index contributed by atoms with van der Waals surface area (Å²) in [5, 5.41) is 10.9. The molecule has 2 aromatic rings. The van der Waals surface area contributed by atoms with Gasteiger partial charge in [0.05, 0.1) is 0 Å². The first-order valence-electron chi connectivity index (χ1n) is 5.37. The van der Waals surface area contributed by atoms with Gasteiger partial charge in [-0.15, -0.1) is 0 Å². The number of hydrogen-bond donors (Lipinski definition) is 2. The summed E-state index contributed by atoms with van der Waals surface area (Å²) in [5.41, 5.74) is 9.05. The zero-order chi connectivity index (χ0) is 12.4. The molecule has 3 heteroatoms. The molecule has 0 saturated heterocycles. The maximum atomic E-state index is 10.3. The lowest BCUT2D eigenvalue weighted by Crippen LogP contribution is -2.04. The number of rotatable bonds is 2. The fourth-order valence-corrected chi connectivity index (χ4v) is 1.88. The van der Waals surface area contributed by atoms with Gasteiger partial charge >= 0.3 is 0 Å². The van der Waals surface area contributed by atoms with Gasteiger partial charge in [-0.25, -0.2) is 0 Å². The molecule has 0 saturated carbocycles. The molecule has 0 aliphatic rings. The van der Waals surface area contributed by atoms with Crippen molar-refractivity contribution in [2.24, 2.45) is 0 Å². The quantitative estimate of drug-likeness (QED) is 0.800. The van der Waals surface area contributed by atoms with E-state index in [1.54, 1.807) is 24.3 Å². The molecule has 3 N–H and O–H groups in total. The molecule has 0 heterocycles. The highest BCUT2D eigenvalue weighted by Crippen LogP contribution is 2.28. The molecule has 17 heavy (non-hydrogen) atoms. The van der Waals surface area contributed by atoms with Gasteiger partial charge in [-0.1, -0.05) is 41.4 Å². The number of halogens is 1. The number of nitrogen functional groups attached to an aromatic ring is 1. The van der Waals surface area contributed by atoms with Crippen LogP contribution in [-0.2, 0) is 0 Å². The second-order valence-electron chi connectivity index (χ2n) is 4.09. The molecule has 0 fully saturated rings. The Morgan fingerprint density at radius 3 is 2.41 bits per heavy atom. The Hall–Kier alpha value is -1.51. The largest absolute Gasteiger partial charge is 0.398 e. The SMILES string of the molecule is Cc1ccc(N)c(C(O)c2ccc(Cl)cc2)c1. The Morgan fingerprint density at radius 1 is 1.12 bits per heavy atom. The third-order valence-electron chi connectivity index (χ3n) is 2.72. The first kappa shape index (κ1) is 12.0. The van der Waals surface area contributed by atoms with Crippen molar-refractivity contribution in [2.75, 3.05) is 5.73 Å². The van der Waals surface area contributed by atoms with Crippen LogP contribution in [0.15, 0.2) is 42.5 Å². The van der Waals surface area contributed by atoms with Crippen molar-refractivity contribution < 1.29 is 5.11 Å². The summed E-state index contributed by atoms with van der Waals surface area (Å²) in [7, 11) is 0. The lowest BCUT2D eigenvalue weighted by atomic mass is 9.98. The smallest absolute Gasteiger partial charge is 0.106 e. The molecule has 88 valence electrons. The van der Waals surface area contributed by atoms with Crippen molar-refractivity contribution in [3.05, 3.63) is 64.2 Å². The number of aliphatic hydroxyl groups is 1. The summed E-state index contributed by atoms with van der Waals surface area (Å²) in [6, 6.07) is 12.7. The van der Waals surface area contributed by atoms with E-state index >= 15 is 0 Å². The van der Waals surface area contributed by atoms with Gasteiger partial charge in [0.1, 0.15) is 6.10 Å². The summed E-state index contributed by atoms with van der Waals surface area (Å²) < 4.78 is 0. The molecule has 2 aromatic carbocycles. The van der Waals surface area contributed by atoms with Crippen LogP contribution in [0, 0.1) is 6.92 Å². The van der Waals surface area contributed by atoms with Crippen LogP contribution in [0.25, 0.3) is 0 Å². The fraction of sp³-hybridized carbons (Fsp3) is 0.143. The minimum Gasteiger partial charge on any atom is -0.398 e. The van der Waals surface area contributed by atoms with Crippen LogP contribution < -0.4 is 5.73 Å². The lowest BCUT2D eigenvalue weighted by molar-refractivity contribution is 0.221. The van der Waals surface area contributed by atoms with Crippen molar-refractivity contribution in [2.45, 2.75) is 13.0 Å². The maximum Gasteiger partial charge on any atom is 0.106 e. The van der Waals surface area contributed by atoms with Crippen LogP contribution in [0.5, 0.6) is 0 Å². The van der Waals surface area contributed by atoms with Crippen molar-refractivity contribution in [3.63, 3.8) is 0 Å². The Morgan fingerprint density at radius 2 is 1.76 bits per heavy atom. The van der Waals surface area contributed by atoms with Crippen LogP contribution in [0.4, 0.5) is 5.69 Å². The fourth-order valence-electron chi connectivity index (χ4n) is 1.76. The van der Waals surface area contributed by atoms with Crippen LogP contribution in [0.3, 0.4) is 0 Å². The lowest BCUT2D eigenvalue weighted by Gasteiger charge is -2.14. The molecule has 0 aromatic heterocycles. The minimum absolute atomic E-state index is 0.595. The highest BCUT2D eigenvalue weighted by molar-refractivity contribution is 6.30. The Labute approximate surface area is 106 Å². The zero-order valence-electron chi connectivity index (χ0n) is 9.52. The summed E-state index contributed by atoms with van der Waals surface area (Å²) in [5.74, 6) is 0. The monoisotopic (exact) mass is 247 g/mol. The summed E-state index contributed by atoms with van der Waals surface area (Å²) in [4.78, 5) is 0. The number of aryl methyl sites for hydroxylation is 1. The van der Waals surface area contributed by atoms with Crippen LogP contribution in [0.1, 0.15) is 22.8 Å². The molecular formula is C14H14ClNO. The van der Waals surface area contributed by atoms with Gasteiger partial charge in [-0.05, 0) is 30.7 Å². The highest BCUT2D eigenvalue weighted by Gasteiger charge is 2.13. The molecule has 1 atom stereocenters. The molecule has 0 bridgehead atoms. The topological polar surface area (TPSA) is 46.2 Å². The van der Waals surface area contributed by atoms with Crippen LogP contribution >= 0.6 is 11.6 Å². The second-order valence-corrected chi connectivity index (χ2v) is 4.52. The van der Waals surface area contributed by atoms with E-state index in [0.717, 1.165) is 16.7 Å². The van der Waals surface area contributed by atoms with Crippen molar-refractivity contribution in [1.82, 2.24) is 0 Å². The van der Waals surface area contributed by atoms with Gasteiger partial charge in [0, 0.05) is 16.3 Å². The van der Waals surface area contributed by atoms with E-state index in [1.165, 1.54) is 0 Å². The molecular weight excluding hydrogens is 234 g/mol. The van der Waals surface area contributed by atoms with E-state index < -0.39 is 6.10 Å². The minimum atomic E-state index is -0.716. The summed E-state index contributed by atoms with van der Waals surface area (Å²) in [6.45, 7) is 1.97. The maximum absolute atomic E-state index is 10.3. The number of hydrogen-bond acceptors (Lipinski definition) is 2. The van der Waals surface area contributed by atoms with Gasteiger partial charge < -0.3 is 10.8 Å². The first-order valence-corrected chi connectivity index (χ1v) is 5.75. The molecule has 0 radical (unpaired) electrons. The molecule has 1 unspecified atom stereocenters. The van der Waals surface area contributed by atoms with E-state index in [2.05, 4.69) is 0 Å². The molecule has 0 spiro atoms. The summed E-state index contributed by atoms with van der Waals surface area (Å²) >= 11 is 5.81. The number of nitrogens with two attached hydrogens (primary N) is 1. The van der Waals surface area contributed by atoms with E-state index in [4.69, 9.17) is 17.3 Å². The average Bonchev–Trinajstić information content (AvgIpc) is 2.32. The molecule has 2 nitrogen and oxygen atoms in total. The molecule has 0 aliphatic heterocycles. The Kier molecular flexibility index (Phi) is 3.36. The Bertz CT molecular complexity index is 522. The van der Waals surface area contributed by atoms with Crippen molar-refractivity contribution in [3.8, 4) is 0 Å². The van der Waals surface area contributed by atoms with E-state index in [1.807, 2.05) is 25.1 Å². The number of aliphatic hydroxyl groups excluding tert-OH is 1. The summed E-state index contributed by atoms with van der Waals surface area (Å²) in [6.07, 6.45) is -0.716. The Balaban J connectivity index is 2.39. The van der Waals surface area contributed by atoms with Crippen LogP contribution in [0.2, 0.25) is 5.02 Å². The molecule has 0 amide bonds. The second kappa shape index (κ2) is 4.78. The third-order valence-corrected chi connectivity index (χ3v) is 2.97. The van der Waals surface area contributed by atoms with Crippen molar-refractivity contribution in [1.29, 1.82) is 0 Å². The average molecular weight is 248 g/mol. The van der Waals surface area contributed by atoms with E-state index in [9.17, 15) is 5.11 Å². The predicted octanol–water partition coefficient (Wildman–Crippen LogP) is 3.31. The molecule has 0 aliphatic carbocycles. The normalized spacial score (nSPS) is 12.4. The first-order chi connectivity index (χ1) is 8.08. The number of benzene rings is 2. The predicted molar refractivity (Wildman–Crippen MR) is 71.1 cm³/mol. The van der Waals surface area contributed by atoms with Gasteiger partial charge in [0.25, 0.3) is 0 Å². The highest BCUT2D eigenvalue weighted by atomic mass is 35.5. The van der Waals surface area contributed by atoms with Crippen LogP contribution in [-0.4, -0.2) is 5.11 Å². The van der Waals surface area contributed by atoms with E-state index in [0.29, 0.717) is 10.7 Å². The third kappa shape index (κ3) is 2.60. The van der Waals surface area contributed by atoms with Gasteiger partial charge in [-0.3, -0.25) is 0 Å². The number of anilines is 1. The standard InChI is InChI=1S/C14H14ClNO/c1-9-2-7-13(16)12(8-9)14(17)10-3-5-11(15)6-4-10/h2-8,14,17H,16H2,1H3. The van der Waals surface area contributed by atoms with Gasteiger partial charge in [-0.2, -0.15) is 0 Å². The zero-order valence-corrected chi connectivity index (χ0v) is 10.3. The van der Waals surface area contributed by atoms with Crippen molar-refractivity contribution >= 4 is 17.3 Å². The van der Waals surface area contributed by atoms with Gasteiger partial charge in [0.2, 0.25) is 0 Å².